The molecular formula is C9H9IN2. The molecule has 0 radical (unpaired) electrons. The van der Waals surface area contributed by atoms with Gasteiger partial charge in [-0.1, -0.05) is 28.7 Å². The first-order chi connectivity index (χ1) is 5.77. The molecule has 1 heterocycles. The maximum Gasteiger partial charge on any atom is 0.0650 e. The van der Waals surface area contributed by atoms with Crippen molar-refractivity contribution in [1.82, 2.24) is 10.2 Å². The van der Waals surface area contributed by atoms with Crippen LogP contribution in [0.3, 0.4) is 0 Å². The van der Waals surface area contributed by atoms with Crippen LogP contribution >= 0.6 is 22.6 Å². The monoisotopic (exact) mass is 272 g/mol. The lowest BCUT2D eigenvalue weighted by molar-refractivity contribution is 1.12. The third kappa shape index (κ3) is 1.33. The number of alkyl halides is 1. The fraction of sp³-hybridized carbons (Fsp3) is 0.222. The summed E-state index contributed by atoms with van der Waals surface area (Å²) in [5, 5.41) is 8.10. The van der Waals surface area contributed by atoms with E-state index < -0.39 is 0 Å². The summed E-state index contributed by atoms with van der Waals surface area (Å²) in [6.45, 7) is 2.18. The zero-order valence-electron chi connectivity index (χ0n) is 6.71. The van der Waals surface area contributed by atoms with E-state index in [1.165, 1.54) is 10.9 Å². The Balaban J connectivity index is 2.60. The molecular weight excluding hydrogens is 263 g/mol. The standard InChI is InChI=1S/C9H9IN2/c1-6(10)7-2-3-9-8(4-7)5-11-12-9/h2-6H,1H3,(H,11,12)/t6-/m0/s1. The maximum atomic E-state index is 3.97. The number of benzene rings is 1. The molecule has 1 aromatic carbocycles. The third-order valence-electron chi connectivity index (χ3n) is 1.92. The van der Waals surface area contributed by atoms with E-state index in [9.17, 15) is 0 Å². The molecule has 1 atom stereocenters. The van der Waals surface area contributed by atoms with Crippen LogP contribution in [0.1, 0.15) is 16.4 Å². The predicted octanol–water partition coefficient (Wildman–Crippen LogP) is 3.06. The van der Waals surface area contributed by atoms with Gasteiger partial charge in [0, 0.05) is 9.31 Å². The van der Waals surface area contributed by atoms with Crippen molar-refractivity contribution in [1.29, 1.82) is 0 Å². The van der Waals surface area contributed by atoms with Gasteiger partial charge in [-0.05, 0) is 24.6 Å². The molecule has 1 aromatic heterocycles. The number of aromatic amines is 1. The lowest BCUT2D eigenvalue weighted by Gasteiger charge is -2.01. The number of H-pyrrole nitrogens is 1. The van der Waals surface area contributed by atoms with Gasteiger partial charge in [0.1, 0.15) is 0 Å². The summed E-state index contributed by atoms with van der Waals surface area (Å²) in [6, 6.07) is 6.39. The van der Waals surface area contributed by atoms with E-state index in [2.05, 4.69) is 57.9 Å². The Bertz CT molecular complexity index is 392. The van der Waals surface area contributed by atoms with Crippen LogP contribution in [-0.2, 0) is 0 Å². The summed E-state index contributed by atoms with van der Waals surface area (Å²) in [6.07, 6.45) is 1.86. The predicted molar refractivity (Wildman–Crippen MR) is 58.5 cm³/mol. The number of rotatable bonds is 1. The van der Waals surface area contributed by atoms with Crippen molar-refractivity contribution in [3.8, 4) is 0 Å². The molecule has 0 spiro atoms. The molecule has 0 unspecified atom stereocenters. The molecule has 62 valence electrons. The Morgan fingerprint density at radius 3 is 3.08 bits per heavy atom. The van der Waals surface area contributed by atoms with Gasteiger partial charge in [-0.15, -0.1) is 0 Å². The molecule has 2 rings (SSSR count). The minimum atomic E-state index is 0.557. The largest absolute Gasteiger partial charge is 0.278 e. The number of nitrogens with zero attached hydrogens (tertiary/aromatic N) is 1. The Morgan fingerprint density at radius 1 is 1.50 bits per heavy atom. The molecule has 3 heteroatoms. The first kappa shape index (κ1) is 8.04. The Labute approximate surface area is 84.5 Å². The van der Waals surface area contributed by atoms with Gasteiger partial charge in [0.05, 0.1) is 11.7 Å². The van der Waals surface area contributed by atoms with Crippen LogP contribution in [0.2, 0.25) is 0 Å². The summed E-state index contributed by atoms with van der Waals surface area (Å²) in [4.78, 5) is 0. The van der Waals surface area contributed by atoms with E-state index >= 15 is 0 Å². The van der Waals surface area contributed by atoms with Crippen LogP contribution in [0.25, 0.3) is 10.9 Å². The number of halogens is 1. The van der Waals surface area contributed by atoms with E-state index in [1.54, 1.807) is 0 Å². The van der Waals surface area contributed by atoms with Gasteiger partial charge in [0.2, 0.25) is 0 Å². The summed E-state index contributed by atoms with van der Waals surface area (Å²) in [5.74, 6) is 0. The van der Waals surface area contributed by atoms with E-state index in [-0.39, 0.29) is 0 Å². The van der Waals surface area contributed by atoms with Crippen LogP contribution < -0.4 is 0 Å². The van der Waals surface area contributed by atoms with Crippen LogP contribution in [0.15, 0.2) is 24.4 Å². The van der Waals surface area contributed by atoms with Crippen LogP contribution in [-0.4, -0.2) is 10.2 Å². The molecule has 0 aliphatic rings. The van der Waals surface area contributed by atoms with E-state index in [1.807, 2.05) is 6.20 Å². The summed E-state index contributed by atoms with van der Waals surface area (Å²) < 4.78 is 0.557. The van der Waals surface area contributed by atoms with Gasteiger partial charge in [0.25, 0.3) is 0 Å². The lowest BCUT2D eigenvalue weighted by Crippen LogP contribution is -1.81. The van der Waals surface area contributed by atoms with Gasteiger partial charge >= 0.3 is 0 Å². The fourth-order valence-electron chi connectivity index (χ4n) is 1.21. The van der Waals surface area contributed by atoms with Crippen molar-refractivity contribution < 1.29 is 0 Å². The van der Waals surface area contributed by atoms with E-state index in [0.29, 0.717) is 3.92 Å². The highest BCUT2D eigenvalue weighted by Crippen LogP contribution is 2.24. The summed E-state index contributed by atoms with van der Waals surface area (Å²) in [5.41, 5.74) is 2.46. The van der Waals surface area contributed by atoms with Gasteiger partial charge in [0.15, 0.2) is 0 Å². The van der Waals surface area contributed by atoms with Crippen molar-refractivity contribution in [3.05, 3.63) is 30.0 Å². The Kier molecular flexibility index (Phi) is 2.04. The molecule has 12 heavy (non-hydrogen) atoms. The maximum absolute atomic E-state index is 3.97. The SMILES string of the molecule is C[C@H](I)c1ccc2[nH]ncc2c1. The van der Waals surface area contributed by atoms with Gasteiger partial charge < -0.3 is 0 Å². The first-order valence-electron chi connectivity index (χ1n) is 3.84. The molecule has 2 aromatic rings. The smallest absolute Gasteiger partial charge is 0.0650 e. The minimum absolute atomic E-state index is 0.557. The fourth-order valence-corrected chi connectivity index (χ4v) is 1.60. The molecule has 2 nitrogen and oxygen atoms in total. The van der Waals surface area contributed by atoms with Crippen molar-refractivity contribution in [2.45, 2.75) is 10.8 Å². The molecule has 0 amide bonds. The van der Waals surface area contributed by atoms with Crippen LogP contribution in [0, 0.1) is 0 Å². The topological polar surface area (TPSA) is 28.7 Å². The van der Waals surface area contributed by atoms with Gasteiger partial charge in [-0.2, -0.15) is 5.10 Å². The van der Waals surface area contributed by atoms with Crippen LogP contribution in [0.4, 0.5) is 0 Å². The number of nitrogens with one attached hydrogen (secondary N) is 1. The molecule has 0 aliphatic heterocycles. The number of aromatic nitrogens is 2. The lowest BCUT2D eigenvalue weighted by atomic mass is 10.1. The third-order valence-corrected chi connectivity index (χ3v) is 2.64. The van der Waals surface area contributed by atoms with E-state index in [0.717, 1.165) is 5.52 Å². The number of hydrogen-bond acceptors (Lipinski definition) is 1. The second kappa shape index (κ2) is 3.05. The number of fused-ring (bicyclic) bond motifs is 1. The molecule has 0 bridgehead atoms. The van der Waals surface area contributed by atoms with Gasteiger partial charge in [-0.25, -0.2) is 0 Å². The Morgan fingerprint density at radius 2 is 2.33 bits per heavy atom. The highest BCUT2D eigenvalue weighted by atomic mass is 127. The Hall–Kier alpha value is -0.580. The summed E-state index contributed by atoms with van der Waals surface area (Å²) in [7, 11) is 0. The molecule has 0 aliphatic carbocycles. The minimum Gasteiger partial charge on any atom is -0.278 e. The zero-order valence-corrected chi connectivity index (χ0v) is 8.87. The van der Waals surface area contributed by atoms with Crippen molar-refractivity contribution >= 4 is 33.5 Å². The molecule has 1 N–H and O–H groups in total. The first-order valence-corrected chi connectivity index (χ1v) is 5.09. The highest BCUT2D eigenvalue weighted by Gasteiger charge is 2.01. The van der Waals surface area contributed by atoms with Crippen molar-refractivity contribution in [2.24, 2.45) is 0 Å². The quantitative estimate of drug-likeness (QED) is 0.627. The van der Waals surface area contributed by atoms with Crippen molar-refractivity contribution in [2.75, 3.05) is 0 Å². The van der Waals surface area contributed by atoms with E-state index in [4.69, 9.17) is 0 Å². The van der Waals surface area contributed by atoms with Crippen molar-refractivity contribution in [3.63, 3.8) is 0 Å². The molecule has 0 saturated carbocycles. The van der Waals surface area contributed by atoms with Crippen LogP contribution in [0.5, 0.6) is 0 Å². The normalized spacial score (nSPS) is 13.5. The molecule has 0 saturated heterocycles. The average Bonchev–Trinajstić information content (AvgIpc) is 2.49. The zero-order chi connectivity index (χ0) is 8.55. The second-order valence-electron chi connectivity index (χ2n) is 2.83. The average molecular weight is 272 g/mol. The molecule has 0 fully saturated rings. The summed E-state index contributed by atoms with van der Waals surface area (Å²) >= 11 is 2.41. The highest BCUT2D eigenvalue weighted by molar-refractivity contribution is 14.1. The van der Waals surface area contributed by atoms with Gasteiger partial charge in [-0.3, -0.25) is 5.10 Å². The number of hydrogen-bond donors (Lipinski definition) is 1. The second-order valence-corrected chi connectivity index (χ2v) is 4.70.